The van der Waals surface area contributed by atoms with Crippen molar-refractivity contribution < 1.29 is 18.0 Å². The molecule has 1 amide bonds. The predicted molar refractivity (Wildman–Crippen MR) is 64.3 cm³/mol. The van der Waals surface area contributed by atoms with Crippen molar-refractivity contribution in [2.45, 2.75) is 19.4 Å². The number of carbonyl (C=O) groups excluding carboxylic acids is 1. The average molecular weight is 272 g/mol. The van der Waals surface area contributed by atoms with E-state index in [1.165, 1.54) is 4.90 Å². The Morgan fingerprint density at radius 3 is 2.68 bits per heavy atom. The van der Waals surface area contributed by atoms with Gasteiger partial charge in [-0.05, 0) is 32.0 Å². The van der Waals surface area contributed by atoms with Crippen LogP contribution < -0.4 is 5.32 Å². The first kappa shape index (κ1) is 13.9. The molecule has 1 saturated heterocycles. The quantitative estimate of drug-likeness (QED) is 0.853. The van der Waals surface area contributed by atoms with Gasteiger partial charge in [0.15, 0.2) is 17.5 Å². The Labute approximate surface area is 109 Å². The fraction of sp³-hybridized carbons (Fsp3) is 0.462. The van der Waals surface area contributed by atoms with E-state index in [1.54, 1.807) is 6.92 Å². The minimum Gasteiger partial charge on any atom is -0.335 e. The van der Waals surface area contributed by atoms with Gasteiger partial charge in [0.2, 0.25) is 0 Å². The van der Waals surface area contributed by atoms with Gasteiger partial charge >= 0.3 is 0 Å². The maximum Gasteiger partial charge on any atom is 0.257 e. The Morgan fingerprint density at radius 2 is 2.11 bits per heavy atom. The maximum atomic E-state index is 13.6. The summed E-state index contributed by atoms with van der Waals surface area (Å²) < 4.78 is 39.6. The lowest BCUT2D eigenvalue weighted by molar-refractivity contribution is 0.0697. The summed E-state index contributed by atoms with van der Waals surface area (Å²) in [6.07, 6.45) is 0.769. The van der Waals surface area contributed by atoms with Crippen LogP contribution in [0.2, 0.25) is 0 Å². The summed E-state index contributed by atoms with van der Waals surface area (Å²) >= 11 is 0. The van der Waals surface area contributed by atoms with Gasteiger partial charge in [-0.15, -0.1) is 0 Å². The molecule has 0 radical (unpaired) electrons. The van der Waals surface area contributed by atoms with E-state index < -0.39 is 28.9 Å². The summed E-state index contributed by atoms with van der Waals surface area (Å²) in [5.41, 5.74) is -0.423. The molecular weight excluding hydrogens is 257 g/mol. The molecule has 104 valence electrons. The van der Waals surface area contributed by atoms with Crippen LogP contribution in [-0.2, 0) is 0 Å². The Kier molecular flexibility index (Phi) is 4.09. The maximum absolute atomic E-state index is 13.6. The average Bonchev–Trinajstić information content (AvgIpc) is 2.91. The Hall–Kier alpha value is -1.56. The monoisotopic (exact) mass is 272 g/mol. The van der Waals surface area contributed by atoms with Crippen molar-refractivity contribution in [2.24, 2.45) is 0 Å². The molecule has 1 heterocycles. The number of likely N-dealkylation sites (N-methyl/N-ethyl adjacent to an activating group) is 1. The van der Waals surface area contributed by atoms with Gasteiger partial charge < -0.3 is 10.2 Å². The molecule has 3 nitrogen and oxygen atoms in total. The van der Waals surface area contributed by atoms with Crippen molar-refractivity contribution in [3.8, 4) is 0 Å². The number of rotatable bonds is 3. The van der Waals surface area contributed by atoms with E-state index in [0.29, 0.717) is 13.1 Å². The Balaban J connectivity index is 2.29. The highest BCUT2D eigenvalue weighted by molar-refractivity contribution is 5.94. The molecule has 0 aromatic heterocycles. The summed E-state index contributed by atoms with van der Waals surface area (Å²) in [5, 5.41) is 3.11. The van der Waals surface area contributed by atoms with E-state index in [0.717, 1.165) is 25.1 Å². The second kappa shape index (κ2) is 5.61. The molecule has 1 atom stereocenters. The molecule has 1 aromatic carbocycles. The van der Waals surface area contributed by atoms with Gasteiger partial charge in [0.1, 0.15) is 0 Å². The molecule has 1 aliphatic heterocycles. The highest BCUT2D eigenvalue weighted by atomic mass is 19.2. The summed E-state index contributed by atoms with van der Waals surface area (Å²) in [6.45, 7) is 3.58. The SMILES string of the molecule is CCN(C(=O)c1ccc(F)c(F)c1F)C1CCNC1. The largest absolute Gasteiger partial charge is 0.335 e. The number of hydrogen-bond acceptors (Lipinski definition) is 2. The number of nitrogens with one attached hydrogen (secondary N) is 1. The van der Waals surface area contributed by atoms with Crippen LogP contribution in [0.5, 0.6) is 0 Å². The van der Waals surface area contributed by atoms with Crippen molar-refractivity contribution in [1.82, 2.24) is 10.2 Å². The van der Waals surface area contributed by atoms with Gasteiger partial charge in [-0.2, -0.15) is 0 Å². The van der Waals surface area contributed by atoms with Gasteiger partial charge in [-0.1, -0.05) is 0 Å². The van der Waals surface area contributed by atoms with Crippen LogP contribution in [0.3, 0.4) is 0 Å². The van der Waals surface area contributed by atoms with Crippen LogP contribution in [0.4, 0.5) is 13.2 Å². The number of carbonyl (C=O) groups is 1. The molecule has 1 unspecified atom stereocenters. The number of amides is 1. The third kappa shape index (κ3) is 2.58. The third-order valence-electron chi connectivity index (χ3n) is 3.34. The molecule has 19 heavy (non-hydrogen) atoms. The molecular formula is C13H15F3N2O. The summed E-state index contributed by atoms with van der Waals surface area (Å²) in [6, 6.07) is 1.72. The first-order chi connectivity index (χ1) is 9.06. The van der Waals surface area contributed by atoms with E-state index in [9.17, 15) is 18.0 Å². The molecule has 2 rings (SSSR count). The molecule has 1 aromatic rings. The highest BCUT2D eigenvalue weighted by Crippen LogP contribution is 2.19. The van der Waals surface area contributed by atoms with Crippen LogP contribution in [0.15, 0.2) is 12.1 Å². The molecule has 1 fully saturated rings. The lowest BCUT2D eigenvalue weighted by atomic mass is 10.1. The molecule has 0 spiro atoms. The van der Waals surface area contributed by atoms with Crippen molar-refractivity contribution in [3.63, 3.8) is 0 Å². The molecule has 0 saturated carbocycles. The van der Waals surface area contributed by atoms with Crippen molar-refractivity contribution >= 4 is 5.91 Å². The molecule has 1 N–H and O–H groups in total. The van der Waals surface area contributed by atoms with E-state index in [-0.39, 0.29) is 6.04 Å². The Bertz CT molecular complexity index is 487. The minimum atomic E-state index is -1.61. The van der Waals surface area contributed by atoms with Crippen LogP contribution in [0.1, 0.15) is 23.7 Å². The zero-order chi connectivity index (χ0) is 14.0. The molecule has 0 aliphatic carbocycles. The smallest absolute Gasteiger partial charge is 0.257 e. The normalized spacial score (nSPS) is 18.6. The first-order valence-corrected chi connectivity index (χ1v) is 6.21. The summed E-state index contributed by atoms with van der Waals surface area (Å²) in [5.74, 6) is -4.92. The van der Waals surface area contributed by atoms with Crippen molar-refractivity contribution in [3.05, 3.63) is 35.1 Å². The van der Waals surface area contributed by atoms with Crippen LogP contribution >= 0.6 is 0 Å². The Morgan fingerprint density at radius 1 is 1.37 bits per heavy atom. The number of hydrogen-bond donors (Lipinski definition) is 1. The number of nitrogens with zero attached hydrogens (tertiary/aromatic N) is 1. The van der Waals surface area contributed by atoms with Gasteiger partial charge in [0, 0.05) is 19.1 Å². The topological polar surface area (TPSA) is 32.3 Å². The van der Waals surface area contributed by atoms with Gasteiger partial charge in [0.25, 0.3) is 5.91 Å². The third-order valence-corrected chi connectivity index (χ3v) is 3.34. The van der Waals surface area contributed by atoms with E-state index in [2.05, 4.69) is 5.32 Å². The zero-order valence-corrected chi connectivity index (χ0v) is 10.5. The van der Waals surface area contributed by atoms with Gasteiger partial charge in [-0.25, -0.2) is 13.2 Å². The van der Waals surface area contributed by atoms with Crippen LogP contribution in [-0.4, -0.2) is 36.5 Å². The van der Waals surface area contributed by atoms with E-state index >= 15 is 0 Å². The second-order valence-electron chi connectivity index (χ2n) is 4.46. The lowest BCUT2D eigenvalue weighted by Crippen LogP contribution is -2.41. The van der Waals surface area contributed by atoms with Crippen molar-refractivity contribution in [2.75, 3.05) is 19.6 Å². The van der Waals surface area contributed by atoms with Crippen LogP contribution in [0, 0.1) is 17.5 Å². The fourth-order valence-corrected chi connectivity index (χ4v) is 2.32. The van der Waals surface area contributed by atoms with E-state index in [1.807, 2.05) is 0 Å². The molecule has 1 aliphatic rings. The number of halogens is 3. The minimum absolute atomic E-state index is 0.0370. The first-order valence-electron chi connectivity index (χ1n) is 6.21. The molecule has 0 bridgehead atoms. The summed E-state index contributed by atoms with van der Waals surface area (Å²) in [7, 11) is 0. The lowest BCUT2D eigenvalue weighted by Gasteiger charge is -2.27. The van der Waals surface area contributed by atoms with Crippen molar-refractivity contribution in [1.29, 1.82) is 0 Å². The standard InChI is InChI=1S/C13H15F3N2O/c1-2-18(8-5-6-17-7-8)13(19)9-3-4-10(14)12(16)11(9)15/h3-4,8,17H,2,5-7H2,1H3. The van der Waals surface area contributed by atoms with Gasteiger partial charge in [-0.3, -0.25) is 4.79 Å². The number of benzene rings is 1. The fourth-order valence-electron chi connectivity index (χ4n) is 2.32. The predicted octanol–water partition coefficient (Wildman–Crippen LogP) is 1.93. The summed E-state index contributed by atoms with van der Waals surface area (Å²) in [4.78, 5) is 13.7. The highest BCUT2D eigenvalue weighted by Gasteiger charge is 2.29. The zero-order valence-electron chi connectivity index (χ0n) is 10.5. The van der Waals surface area contributed by atoms with Gasteiger partial charge in [0.05, 0.1) is 5.56 Å². The second-order valence-corrected chi connectivity index (χ2v) is 4.46. The van der Waals surface area contributed by atoms with E-state index in [4.69, 9.17) is 0 Å². The molecule has 6 heteroatoms. The van der Waals surface area contributed by atoms with Crippen LogP contribution in [0.25, 0.3) is 0 Å².